The van der Waals surface area contributed by atoms with E-state index < -0.39 is 0 Å². The van der Waals surface area contributed by atoms with Gasteiger partial charge in [0.25, 0.3) is 0 Å². The van der Waals surface area contributed by atoms with E-state index >= 15 is 0 Å². The zero-order valence-corrected chi connectivity index (χ0v) is 9.41. The summed E-state index contributed by atoms with van der Waals surface area (Å²) in [5, 5.41) is 8.78. The van der Waals surface area contributed by atoms with Crippen molar-refractivity contribution in [1.82, 2.24) is 20.1 Å². The summed E-state index contributed by atoms with van der Waals surface area (Å²) in [5.41, 5.74) is 3.20. The SMILES string of the molecule is CCNCc1cnc2c(c1)c(C)nn2C. The van der Waals surface area contributed by atoms with Crippen LogP contribution in [0, 0.1) is 6.92 Å². The highest BCUT2D eigenvalue weighted by atomic mass is 15.3. The van der Waals surface area contributed by atoms with E-state index in [1.807, 2.05) is 24.9 Å². The largest absolute Gasteiger partial charge is 0.313 e. The van der Waals surface area contributed by atoms with E-state index in [-0.39, 0.29) is 0 Å². The highest BCUT2D eigenvalue weighted by Gasteiger charge is 2.06. The van der Waals surface area contributed by atoms with Gasteiger partial charge in [-0.1, -0.05) is 6.92 Å². The number of aryl methyl sites for hydroxylation is 2. The minimum atomic E-state index is 0.869. The van der Waals surface area contributed by atoms with Crippen LogP contribution in [0.25, 0.3) is 11.0 Å². The van der Waals surface area contributed by atoms with Gasteiger partial charge in [-0.2, -0.15) is 5.10 Å². The molecule has 2 aromatic rings. The summed E-state index contributed by atoms with van der Waals surface area (Å²) in [5.74, 6) is 0. The van der Waals surface area contributed by atoms with Gasteiger partial charge in [0.15, 0.2) is 5.65 Å². The second kappa shape index (κ2) is 3.98. The molecule has 15 heavy (non-hydrogen) atoms. The maximum atomic E-state index is 4.41. The number of nitrogens with one attached hydrogen (secondary N) is 1. The summed E-state index contributed by atoms with van der Waals surface area (Å²) < 4.78 is 1.82. The zero-order chi connectivity index (χ0) is 10.8. The number of hydrogen-bond donors (Lipinski definition) is 1. The molecule has 0 bridgehead atoms. The first-order chi connectivity index (χ1) is 7.22. The second-order valence-electron chi connectivity index (χ2n) is 3.70. The molecule has 0 unspecified atom stereocenters. The maximum Gasteiger partial charge on any atom is 0.157 e. The second-order valence-corrected chi connectivity index (χ2v) is 3.70. The molecule has 2 rings (SSSR count). The van der Waals surface area contributed by atoms with Gasteiger partial charge in [0.05, 0.1) is 5.69 Å². The van der Waals surface area contributed by atoms with Crippen molar-refractivity contribution in [3.8, 4) is 0 Å². The maximum absolute atomic E-state index is 4.41. The van der Waals surface area contributed by atoms with Gasteiger partial charge in [-0.3, -0.25) is 4.68 Å². The van der Waals surface area contributed by atoms with E-state index in [2.05, 4.69) is 28.4 Å². The summed E-state index contributed by atoms with van der Waals surface area (Å²) in [6.07, 6.45) is 1.91. The molecule has 0 aliphatic carbocycles. The smallest absolute Gasteiger partial charge is 0.157 e. The van der Waals surface area contributed by atoms with Crippen LogP contribution in [0.15, 0.2) is 12.3 Å². The van der Waals surface area contributed by atoms with Gasteiger partial charge in [-0.05, 0) is 25.1 Å². The molecule has 0 atom stereocenters. The van der Waals surface area contributed by atoms with Gasteiger partial charge in [0.1, 0.15) is 0 Å². The molecule has 0 saturated carbocycles. The number of fused-ring (bicyclic) bond motifs is 1. The Balaban J connectivity index is 2.41. The summed E-state index contributed by atoms with van der Waals surface area (Å²) in [6.45, 7) is 5.96. The van der Waals surface area contributed by atoms with Gasteiger partial charge >= 0.3 is 0 Å². The molecule has 80 valence electrons. The number of pyridine rings is 1. The molecule has 4 nitrogen and oxygen atoms in total. The molecule has 0 aliphatic rings. The lowest BCUT2D eigenvalue weighted by Gasteiger charge is -2.01. The Morgan fingerprint density at radius 1 is 1.47 bits per heavy atom. The van der Waals surface area contributed by atoms with Crippen LogP contribution in [-0.4, -0.2) is 21.3 Å². The first-order valence-electron chi connectivity index (χ1n) is 5.21. The lowest BCUT2D eigenvalue weighted by atomic mass is 10.2. The summed E-state index contributed by atoms with van der Waals surface area (Å²) >= 11 is 0. The van der Waals surface area contributed by atoms with Crippen LogP contribution in [0.4, 0.5) is 0 Å². The molecule has 4 heteroatoms. The lowest BCUT2D eigenvalue weighted by molar-refractivity contribution is 0.724. The summed E-state index contributed by atoms with van der Waals surface area (Å²) in [4.78, 5) is 4.41. The number of rotatable bonds is 3. The molecule has 0 amide bonds. The average molecular weight is 204 g/mol. The van der Waals surface area contributed by atoms with E-state index in [9.17, 15) is 0 Å². The van der Waals surface area contributed by atoms with Crippen LogP contribution in [0.5, 0.6) is 0 Å². The third-order valence-electron chi connectivity index (χ3n) is 2.50. The number of aromatic nitrogens is 3. The molecular formula is C11H16N4. The first-order valence-corrected chi connectivity index (χ1v) is 5.21. The summed E-state index contributed by atoms with van der Waals surface area (Å²) in [6, 6.07) is 2.16. The Kier molecular flexibility index (Phi) is 2.68. The van der Waals surface area contributed by atoms with Gasteiger partial charge in [0, 0.05) is 25.2 Å². The monoisotopic (exact) mass is 204 g/mol. The lowest BCUT2D eigenvalue weighted by Crippen LogP contribution is -2.11. The van der Waals surface area contributed by atoms with Crippen LogP contribution >= 0.6 is 0 Å². The van der Waals surface area contributed by atoms with Gasteiger partial charge in [-0.25, -0.2) is 4.98 Å². The fraction of sp³-hybridized carbons (Fsp3) is 0.455. The topological polar surface area (TPSA) is 42.7 Å². The predicted molar refractivity (Wildman–Crippen MR) is 60.6 cm³/mol. The standard InChI is InChI=1S/C11H16N4/c1-4-12-6-9-5-10-8(2)14-15(3)11(10)13-7-9/h5,7,12H,4,6H2,1-3H3. The molecule has 2 heterocycles. The third-order valence-corrected chi connectivity index (χ3v) is 2.50. The molecule has 0 saturated heterocycles. The fourth-order valence-corrected chi connectivity index (χ4v) is 1.72. The molecule has 2 aromatic heterocycles. The van der Waals surface area contributed by atoms with E-state index in [0.717, 1.165) is 29.8 Å². The molecule has 1 N–H and O–H groups in total. The van der Waals surface area contributed by atoms with E-state index in [1.165, 1.54) is 5.56 Å². The average Bonchev–Trinajstić information content (AvgIpc) is 2.52. The van der Waals surface area contributed by atoms with E-state index in [1.54, 1.807) is 0 Å². The Morgan fingerprint density at radius 2 is 2.27 bits per heavy atom. The Bertz CT molecular complexity index is 473. The van der Waals surface area contributed by atoms with Crippen LogP contribution in [-0.2, 0) is 13.6 Å². The van der Waals surface area contributed by atoms with Crippen LogP contribution in [0.3, 0.4) is 0 Å². The Labute approximate surface area is 89.3 Å². The van der Waals surface area contributed by atoms with Crippen molar-refractivity contribution < 1.29 is 0 Å². The molecule has 0 aliphatic heterocycles. The Morgan fingerprint density at radius 3 is 3.00 bits per heavy atom. The fourth-order valence-electron chi connectivity index (χ4n) is 1.72. The zero-order valence-electron chi connectivity index (χ0n) is 9.41. The van der Waals surface area contributed by atoms with Crippen molar-refractivity contribution in [2.24, 2.45) is 7.05 Å². The van der Waals surface area contributed by atoms with Crippen molar-refractivity contribution in [2.45, 2.75) is 20.4 Å². The van der Waals surface area contributed by atoms with Crippen molar-refractivity contribution in [3.63, 3.8) is 0 Å². The normalized spacial score (nSPS) is 11.1. The van der Waals surface area contributed by atoms with Gasteiger partial charge < -0.3 is 5.32 Å². The van der Waals surface area contributed by atoms with E-state index in [4.69, 9.17) is 0 Å². The van der Waals surface area contributed by atoms with E-state index in [0.29, 0.717) is 0 Å². The van der Waals surface area contributed by atoms with Crippen LogP contribution in [0.1, 0.15) is 18.2 Å². The molecule has 0 aromatic carbocycles. The highest BCUT2D eigenvalue weighted by molar-refractivity contribution is 5.78. The first kappa shape index (κ1) is 10.1. The number of nitrogens with zero attached hydrogens (tertiary/aromatic N) is 3. The molecule has 0 radical (unpaired) electrons. The van der Waals surface area contributed by atoms with Crippen molar-refractivity contribution >= 4 is 11.0 Å². The van der Waals surface area contributed by atoms with Gasteiger partial charge in [0.2, 0.25) is 0 Å². The highest BCUT2D eigenvalue weighted by Crippen LogP contribution is 2.16. The third kappa shape index (κ3) is 1.85. The summed E-state index contributed by atoms with van der Waals surface area (Å²) in [7, 11) is 1.92. The minimum absolute atomic E-state index is 0.869. The Hall–Kier alpha value is -1.42. The molecule has 0 spiro atoms. The van der Waals surface area contributed by atoms with Gasteiger partial charge in [-0.15, -0.1) is 0 Å². The molecule has 0 fully saturated rings. The molecular weight excluding hydrogens is 188 g/mol. The van der Waals surface area contributed by atoms with Crippen LogP contribution < -0.4 is 5.32 Å². The minimum Gasteiger partial charge on any atom is -0.313 e. The van der Waals surface area contributed by atoms with Crippen molar-refractivity contribution in [2.75, 3.05) is 6.54 Å². The van der Waals surface area contributed by atoms with Crippen molar-refractivity contribution in [3.05, 3.63) is 23.5 Å². The van der Waals surface area contributed by atoms with Crippen LogP contribution in [0.2, 0.25) is 0 Å². The van der Waals surface area contributed by atoms with Crippen molar-refractivity contribution in [1.29, 1.82) is 0 Å². The quantitative estimate of drug-likeness (QED) is 0.821. The predicted octanol–water partition coefficient (Wildman–Crippen LogP) is 1.39. The number of hydrogen-bond acceptors (Lipinski definition) is 3.